The van der Waals surface area contributed by atoms with Crippen LogP contribution in [0.15, 0.2) is 53.9 Å². The number of benzene rings is 2. The van der Waals surface area contributed by atoms with Crippen LogP contribution in [-0.4, -0.2) is 85.7 Å². The third kappa shape index (κ3) is 5.03. The molecule has 2 aliphatic rings. The highest BCUT2D eigenvalue weighted by molar-refractivity contribution is 7.91. The largest absolute Gasteiger partial charge is 0.510 e. The van der Waals surface area contributed by atoms with E-state index in [1.165, 1.54) is 12.1 Å². The second-order valence-corrected chi connectivity index (χ2v) is 11.4. The Morgan fingerprint density at radius 2 is 1.55 bits per heavy atom. The average molecular weight is 605 g/mol. The zero-order valence-corrected chi connectivity index (χ0v) is 22.4. The van der Waals surface area contributed by atoms with Gasteiger partial charge in [-0.1, -0.05) is 0 Å². The Kier molecular flexibility index (Phi) is 7.53. The van der Waals surface area contributed by atoms with Crippen LogP contribution in [0, 0.1) is 20.2 Å². The van der Waals surface area contributed by atoms with E-state index in [1.807, 2.05) is 0 Å². The van der Waals surface area contributed by atoms with Crippen molar-refractivity contribution in [3.63, 3.8) is 0 Å². The molecule has 4 rings (SSSR count). The number of nitrogens with zero attached hydrogens (tertiary/aromatic N) is 4. The molecule has 0 bridgehead atoms. The first-order valence-corrected chi connectivity index (χ1v) is 13.7. The van der Waals surface area contributed by atoms with E-state index in [0.717, 1.165) is 37.3 Å². The Hall–Kier alpha value is -5.23. The number of amides is 3. The van der Waals surface area contributed by atoms with Crippen molar-refractivity contribution in [1.29, 1.82) is 0 Å². The van der Waals surface area contributed by atoms with Gasteiger partial charge in [0.15, 0.2) is 21.0 Å². The number of aliphatic hydroxyl groups is 2. The van der Waals surface area contributed by atoms with Crippen molar-refractivity contribution >= 4 is 44.9 Å². The van der Waals surface area contributed by atoms with E-state index in [0.29, 0.717) is 16.1 Å². The zero-order valence-electron chi connectivity index (χ0n) is 21.6. The SMILES string of the molecule is CC(O)=C(C(=O)OCc1ccc([N+](=O)[O-])cc1)N1C(=O)[C@@H](N2C(=O)c3ccc([N+](=O)[O-])cc3C2=O)[C@H]1C(O)S(C)(=O)=O. The fourth-order valence-corrected chi connectivity index (χ4v) is 5.30. The molecular formula is C24H20N4O13S. The summed E-state index contributed by atoms with van der Waals surface area (Å²) in [5.74, 6) is -5.76. The smallest absolute Gasteiger partial charge is 0.358 e. The lowest BCUT2D eigenvalue weighted by Gasteiger charge is -2.50. The van der Waals surface area contributed by atoms with Crippen LogP contribution in [0.2, 0.25) is 0 Å². The van der Waals surface area contributed by atoms with Crippen molar-refractivity contribution in [3.8, 4) is 0 Å². The number of aliphatic hydroxyl groups excluding tert-OH is 2. The summed E-state index contributed by atoms with van der Waals surface area (Å²) >= 11 is 0. The molecule has 0 spiro atoms. The normalized spacial score (nSPS) is 19.5. The number of allylic oxidation sites excluding steroid dienone is 1. The molecule has 42 heavy (non-hydrogen) atoms. The van der Waals surface area contributed by atoms with Crippen LogP contribution < -0.4 is 0 Å². The molecule has 0 aliphatic carbocycles. The van der Waals surface area contributed by atoms with E-state index in [2.05, 4.69) is 0 Å². The molecule has 2 aliphatic heterocycles. The van der Waals surface area contributed by atoms with Gasteiger partial charge in [0, 0.05) is 30.5 Å². The molecule has 18 heteroatoms. The van der Waals surface area contributed by atoms with Crippen LogP contribution in [0.1, 0.15) is 33.2 Å². The topological polar surface area (TPSA) is 245 Å². The molecule has 3 atom stereocenters. The van der Waals surface area contributed by atoms with Crippen LogP contribution in [0.3, 0.4) is 0 Å². The molecule has 2 aromatic carbocycles. The number of imide groups is 1. The Bertz CT molecular complexity index is 1700. The second-order valence-electron chi connectivity index (χ2n) is 9.26. The fourth-order valence-electron chi connectivity index (χ4n) is 4.52. The Labute approximate surface area is 235 Å². The van der Waals surface area contributed by atoms with Gasteiger partial charge in [0.1, 0.15) is 24.4 Å². The standard InChI is InChI=1S/C24H20N4O13S/c1-11(29)17(23(33)41-10-12-3-5-13(6-4-12)27(35)36)25-19(24(34)42(2,39)40)18(22(25)32)26-20(30)15-8-7-14(28(37)38)9-16(15)21(26)31/h3-9,18-19,24,29,34H,10H2,1-2H3/t18-,19-,24?/m0/s1. The van der Waals surface area contributed by atoms with E-state index in [-0.39, 0.29) is 16.8 Å². The lowest BCUT2D eigenvalue weighted by atomic mass is 9.92. The van der Waals surface area contributed by atoms with Gasteiger partial charge in [-0.3, -0.25) is 44.4 Å². The minimum absolute atomic E-state index is 0.241. The number of nitro benzene ring substituents is 2. The van der Waals surface area contributed by atoms with Crippen molar-refractivity contribution in [2.75, 3.05) is 6.26 Å². The molecule has 0 saturated carbocycles. The number of likely N-dealkylation sites (tertiary alicyclic amines) is 1. The van der Waals surface area contributed by atoms with Crippen LogP contribution in [0.4, 0.5) is 11.4 Å². The molecule has 0 aromatic heterocycles. The maximum atomic E-state index is 13.4. The molecule has 2 N–H and O–H groups in total. The van der Waals surface area contributed by atoms with Gasteiger partial charge in [0.25, 0.3) is 29.1 Å². The molecule has 1 unspecified atom stereocenters. The number of carbonyl (C=O) groups is 4. The van der Waals surface area contributed by atoms with E-state index in [1.54, 1.807) is 0 Å². The molecule has 220 valence electrons. The number of rotatable bonds is 9. The number of carbonyl (C=O) groups excluding carboxylic acids is 4. The summed E-state index contributed by atoms with van der Waals surface area (Å²) in [4.78, 5) is 73.8. The molecule has 2 aromatic rings. The number of sulfone groups is 1. The van der Waals surface area contributed by atoms with Crippen molar-refractivity contribution in [2.24, 2.45) is 0 Å². The van der Waals surface area contributed by atoms with Crippen LogP contribution in [0.25, 0.3) is 0 Å². The lowest BCUT2D eigenvalue weighted by Crippen LogP contribution is -2.75. The van der Waals surface area contributed by atoms with Crippen molar-refractivity contribution < 1.29 is 52.4 Å². The third-order valence-corrected chi connectivity index (χ3v) is 7.68. The number of fused-ring (bicyclic) bond motifs is 1. The second kappa shape index (κ2) is 10.6. The maximum Gasteiger partial charge on any atom is 0.358 e. The Balaban J connectivity index is 1.66. The predicted octanol–water partition coefficient (Wildman–Crippen LogP) is 0.574. The van der Waals surface area contributed by atoms with Gasteiger partial charge >= 0.3 is 5.97 Å². The van der Waals surface area contributed by atoms with Crippen LogP contribution in [-0.2, 0) is 30.8 Å². The first-order valence-electron chi connectivity index (χ1n) is 11.7. The number of hydrogen-bond donors (Lipinski definition) is 2. The number of hydrogen-bond acceptors (Lipinski definition) is 13. The Morgan fingerprint density at radius 3 is 2.07 bits per heavy atom. The lowest BCUT2D eigenvalue weighted by molar-refractivity contribution is -0.385. The first kappa shape index (κ1) is 29.7. The molecule has 1 fully saturated rings. The van der Waals surface area contributed by atoms with E-state index in [4.69, 9.17) is 4.74 Å². The highest BCUT2D eigenvalue weighted by atomic mass is 32.2. The van der Waals surface area contributed by atoms with Gasteiger partial charge in [0.2, 0.25) is 0 Å². The fraction of sp³-hybridized carbons (Fsp3) is 0.250. The number of esters is 1. The molecule has 17 nitrogen and oxygen atoms in total. The molecule has 0 radical (unpaired) electrons. The summed E-state index contributed by atoms with van der Waals surface area (Å²) < 4.78 is 29.8. The van der Waals surface area contributed by atoms with Crippen molar-refractivity contribution in [2.45, 2.75) is 31.1 Å². The minimum atomic E-state index is -4.44. The van der Waals surface area contributed by atoms with Gasteiger partial charge in [-0.15, -0.1) is 0 Å². The van der Waals surface area contributed by atoms with E-state index < -0.39 is 90.2 Å². The quantitative estimate of drug-likeness (QED) is 0.0757. The molecular weight excluding hydrogens is 584 g/mol. The Morgan fingerprint density at radius 1 is 1.00 bits per heavy atom. The predicted molar refractivity (Wildman–Crippen MR) is 137 cm³/mol. The highest BCUT2D eigenvalue weighted by Gasteiger charge is 2.62. The first-order chi connectivity index (χ1) is 19.6. The number of ether oxygens (including phenoxy) is 1. The van der Waals surface area contributed by atoms with Gasteiger partial charge in [-0.25, -0.2) is 13.2 Å². The molecule has 1 saturated heterocycles. The summed E-state index contributed by atoms with van der Waals surface area (Å²) in [7, 11) is -4.44. The van der Waals surface area contributed by atoms with Gasteiger partial charge in [0.05, 0.1) is 21.0 Å². The summed E-state index contributed by atoms with van der Waals surface area (Å²) in [6.45, 7) is 0.448. The summed E-state index contributed by atoms with van der Waals surface area (Å²) in [5, 5.41) is 42.9. The highest BCUT2D eigenvalue weighted by Crippen LogP contribution is 2.39. The number of β-lactam (4-membered cyclic amide) rings is 1. The molecule has 2 heterocycles. The third-order valence-electron chi connectivity index (χ3n) is 6.53. The van der Waals surface area contributed by atoms with E-state index in [9.17, 15) is 58.0 Å². The number of nitro groups is 2. The minimum Gasteiger partial charge on any atom is -0.510 e. The summed E-state index contributed by atoms with van der Waals surface area (Å²) in [6.07, 6.45) is 0.587. The number of non-ortho nitro benzene ring substituents is 2. The van der Waals surface area contributed by atoms with Gasteiger partial charge in [-0.2, -0.15) is 0 Å². The maximum absolute atomic E-state index is 13.4. The average Bonchev–Trinajstić information content (AvgIpc) is 3.16. The van der Waals surface area contributed by atoms with Crippen LogP contribution >= 0.6 is 0 Å². The molecule has 3 amide bonds. The summed E-state index contributed by atoms with van der Waals surface area (Å²) in [5.41, 5.74) is -4.65. The van der Waals surface area contributed by atoms with Crippen LogP contribution in [0.5, 0.6) is 0 Å². The van der Waals surface area contributed by atoms with Crippen molar-refractivity contribution in [1.82, 2.24) is 9.80 Å². The van der Waals surface area contributed by atoms with Crippen molar-refractivity contribution in [3.05, 3.63) is 90.8 Å². The van der Waals surface area contributed by atoms with Gasteiger partial charge < -0.3 is 14.9 Å². The van der Waals surface area contributed by atoms with E-state index >= 15 is 0 Å². The van der Waals surface area contributed by atoms with Gasteiger partial charge in [-0.05, 0) is 30.7 Å². The monoisotopic (exact) mass is 604 g/mol. The summed E-state index contributed by atoms with van der Waals surface area (Å²) in [6, 6.07) is 3.56. The zero-order chi connectivity index (χ0) is 31.3.